The molecule has 0 aliphatic rings. The molecule has 1 atom stereocenters. The zero-order valence-corrected chi connectivity index (χ0v) is 10.1. The van der Waals surface area contributed by atoms with Gasteiger partial charge < -0.3 is 20.9 Å². The Morgan fingerprint density at radius 1 is 1.59 bits per heavy atom. The minimum Gasteiger partial charge on any atom is -0.398 e. The molecule has 0 fully saturated rings. The Kier molecular flexibility index (Phi) is 4.93. The minimum atomic E-state index is -0.192. The zero-order valence-electron chi connectivity index (χ0n) is 10.1. The smallest absolute Gasteiger partial charge is 0.161 e. The van der Waals surface area contributed by atoms with E-state index in [4.69, 9.17) is 15.6 Å². The molecule has 1 rings (SSSR count). The maximum atomic E-state index is 11.2. The first-order chi connectivity index (χ1) is 8.08. The van der Waals surface area contributed by atoms with E-state index in [0.717, 1.165) is 5.69 Å². The molecule has 1 unspecified atom stereocenters. The molecule has 0 heterocycles. The molecule has 17 heavy (non-hydrogen) atoms. The van der Waals surface area contributed by atoms with Crippen LogP contribution in [0.2, 0.25) is 0 Å². The van der Waals surface area contributed by atoms with Crippen LogP contribution in [0.3, 0.4) is 0 Å². The molecule has 0 radical (unpaired) electrons. The quantitative estimate of drug-likeness (QED) is 0.506. The van der Waals surface area contributed by atoms with Crippen molar-refractivity contribution in [3.8, 4) is 0 Å². The Morgan fingerprint density at radius 3 is 2.76 bits per heavy atom. The van der Waals surface area contributed by atoms with Crippen LogP contribution in [0.5, 0.6) is 0 Å². The summed E-state index contributed by atoms with van der Waals surface area (Å²) in [5.41, 5.74) is 7.44. The average Bonchev–Trinajstić information content (AvgIpc) is 2.28. The molecule has 0 aliphatic carbocycles. The van der Waals surface area contributed by atoms with Crippen molar-refractivity contribution in [1.29, 1.82) is 0 Å². The second kappa shape index (κ2) is 6.22. The van der Waals surface area contributed by atoms with Crippen molar-refractivity contribution in [2.75, 3.05) is 31.4 Å². The molecule has 0 spiro atoms. The monoisotopic (exact) mass is 238 g/mol. The number of ether oxygens (including phenoxy) is 1. The van der Waals surface area contributed by atoms with Crippen LogP contribution >= 0.6 is 0 Å². The van der Waals surface area contributed by atoms with E-state index in [2.05, 4.69) is 5.32 Å². The number of nitrogen functional groups attached to an aromatic ring is 1. The molecule has 0 saturated carbocycles. The number of hydrogen-bond donors (Lipinski definition) is 3. The number of carbonyl (C=O) groups excluding carboxylic acids is 1. The molecule has 1 aromatic carbocycles. The molecular formula is C12H18N2O3. The molecular weight excluding hydrogens is 220 g/mol. The van der Waals surface area contributed by atoms with E-state index in [1.165, 1.54) is 6.92 Å². The van der Waals surface area contributed by atoms with E-state index >= 15 is 0 Å². The predicted octanol–water partition coefficient (Wildman–Crippen LogP) is 0.891. The molecule has 94 valence electrons. The standard InChI is InChI=1S/C12H18N2O3/c1-8(16)11-4-3-9(5-12(11)13)14-10(6-15)7-17-2/h3-5,10,14-15H,6-7,13H2,1-2H3. The molecule has 4 N–H and O–H groups in total. The van der Waals surface area contributed by atoms with Gasteiger partial charge in [0.2, 0.25) is 0 Å². The van der Waals surface area contributed by atoms with Gasteiger partial charge in [-0.05, 0) is 25.1 Å². The normalized spacial score (nSPS) is 12.2. The summed E-state index contributed by atoms with van der Waals surface area (Å²) >= 11 is 0. The highest BCUT2D eigenvalue weighted by Crippen LogP contribution is 2.19. The number of methoxy groups -OCH3 is 1. The third-order valence-electron chi connectivity index (χ3n) is 2.39. The Morgan fingerprint density at radius 2 is 2.29 bits per heavy atom. The number of hydrogen-bond acceptors (Lipinski definition) is 5. The van der Waals surface area contributed by atoms with Gasteiger partial charge in [-0.25, -0.2) is 0 Å². The van der Waals surface area contributed by atoms with Crippen molar-refractivity contribution in [3.63, 3.8) is 0 Å². The van der Waals surface area contributed by atoms with Crippen LogP contribution < -0.4 is 11.1 Å². The van der Waals surface area contributed by atoms with E-state index in [9.17, 15) is 4.79 Å². The van der Waals surface area contributed by atoms with Crippen LogP contribution in [0.1, 0.15) is 17.3 Å². The maximum absolute atomic E-state index is 11.2. The summed E-state index contributed by atoms with van der Waals surface area (Å²) in [7, 11) is 1.57. The fourth-order valence-electron chi connectivity index (χ4n) is 1.55. The van der Waals surface area contributed by atoms with E-state index in [1.54, 1.807) is 25.3 Å². The Balaban J connectivity index is 2.79. The maximum Gasteiger partial charge on any atom is 0.161 e. The molecule has 0 bridgehead atoms. The lowest BCUT2D eigenvalue weighted by Gasteiger charge is -2.17. The van der Waals surface area contributed by atoms with Gasteiger partial charge in [-0.3, -0.25) is 4.79 Å². The topological polar surface area (TPSA) is 84.6 Å². The van der Waals surface area contributed by atoms with Gasteiger partial charge in [0.25, 0.3) is 0 Å². The molecule has 5 nitrogen and oxygen atoms in total. The summed E-state index contributed by atoms with van der Waals surface area (Å²) in [5, 5.41) is 12.2. The highest BCUT2D eigenvalue weighted by Gasteiger charge is 2.09. The number of aliphatic hydroxyl groups is 1. The first kappa shape index (κ1) is 13.5. The average molecular weight is 238 g/mol. The zero-order chi connectivity index (χ0) is 12.8. The molecule has 0 amide bonds. The van der Waals surface area contributed by atoms with Crippen LogP contribution in [0.15, 0.2) is 18.2 Å². The number of nitrogens with one attached hydrogen (secondary N) is 1. The number of carbonyl (C=O) groups is 1. The van der Waals surface area contributed by atoms with Crippen molar-refractivity contribution >= 4 is 17.2 Å². The third kappa shape index (κ3) is 3.72. The summed E-state index contributed by atoms with van der Waals surface area (Å²) < 4.78 is 4.95. The Bertz CT molecular complexity index is 393. The number of anilines is 2. The van der Waals surface area contributed by atoms with Gasteiger partial charge in [0.15, 0.2) is 5.78 Å². The highest BCUT2D eigenvalue weighted by atomic mass is 16.5. The SMILES string of the molecule is COCC(CO)Nc1ccc(C(C)=O)c(N)c1. The highest BCUT2D eigenvalue weighted by molar-refractivity contribution is 5.99. The van der Waals surface area contributed by atoms with Gasteiger partial charge in [-0.15, -0.1) is 0 Å². The fraction of sp³-hybridized carbons (Fsp3) is 0.417. The molecule has 0 aromatic heterocycles. The summed E-state index contributed by atoms with van der Waals surface area (Å²) in [6, 6.07) is 4.91. The molecule has 0 saturated heterocycles. The number of aliphatic hydroxyl groups excluding tert-OH is 1. The van der Waals surface area contributed by atoms with Crippen LogP contribution in [0, 0.1) is 0 Å². The minimum absolute atomic E-state index is 0.0395. The largest absolute Gasteiger partial charge is 0.398 e. The number of nitrogens with two attached hydrogens (primary N) is 1. The van der Waals surface area contributed by atoms with Gasteiger partial charge in [-0.1, -0.05) is 0 Å². The van der Waals surface area contributed by atoms with Crippen molar-refractivity contribution in [2.45, 2.75) is 13.0 Å². The lowest BCUT2D eigenvalue weighted by molar-refractivity contribution is 0.101. The van der Waals surface area contributed by atoms with Crippen molar-refractivity contribution in [3.05, 3.63) is 23.8 Å². The summed E-state index contributed by atoms with van der Waals surface area (Å²) in [4.78, 5) is 11.2. The van der Waals surface area contributed by atoms with Crippen molar-refractivity contribution in [2.24, 2.45) is 0 Å². The van der Waals surface area contributed by atoms with Gasteiger partial charge >= 0.3 is 0 Å². The predicted molar refractivity (Wildman–Crippen MR) is 67.2 cm³/mol. The van der Waals surface area contributed by atoms with E-state index in [1.807, 2.05) is 0 Å². The van der Waals surface area contributed by atoms with Crippen LogP contribution in [-0.2, 0) is 4.74 Å². The second-order valence-corrected chi connectivity index (χ2v) is 3.84. The third-order valence-corrected chi connectivity index (χ3v) is 2.39. The summed E-state index contributed by atoms with van der Waals surface area (Å²) in [6.07, 6.45) is 0. The number of rotatable bonds is 6. The summed E-state index contributed by atoms with van der Waals surface area (Å²) in [6.45, 7) is 1.83. The number of benzene rings is 1. The first-order valence-corrected chi connectivity index (χ1v) is 5.35. The lowest BCUT2D eigenvalue weighted by atomic mass is 10.1. The van der Waals surface area contributed by atoms with Gasteiger partial charge in [-0.2, -0.15) is 0 Å². The molecule has 5 heteroatoms. The van der Waals surface area contributed by atoms with E-state index < -0.39 is 0 Å². The van der Waals surface area contributed by atoms with Gasteiger partial charge in [0.05, 0.1) is 19.3 Å². The molecule has 0 aliphatic heterocycles. The van der Waals surface area contributed by atoms with Gasteiger partial charge in [0, 0.05) is 24.0 Å². The fourth-order valence-corrected chi connectivity index (χ4v) is 1.55. The number of ketones is 1. The molecule has 1 aromatic rings. The van der Waals surface area contributed by atoms with Crippen LogP contribution in [0.4, 0.5) is 11.4 Å². The van der Waals surface area contributed by atoms with Crippen molar-refractivity contribution in [1.82, 2.24) is 0 Å². The van der Waals surface area contributed by atoms with Crippen molar-refractivity contribution < 1.29 is 14.6 Å². The number of Topliss-reactive ketones (excluding diaryl/α,β-unsaturated/α-hetero) is 1. The Hall–Kier alpha value is -1.59. The Labute approximate surface area is 101 Å². The van der Waals surface area contributed by atoms with Crippen LogP contribution in [0.25, 0.3) is 0 Å². The first-order valence-electron chi connectivity index (χ1n) is 5.35. The second-order valence-electron chi connectivity index (χ2n) is 3.84. The van der Waals surface area contributed by atoms with Crippen LogP contribution in [-0.4, -0.2) is 37.3 Å². The van der Waals surface area contributed by atoms with Gasteiger partial charge in [0.1, 0.15) is 0 Å². The summed E-state index contributed by atoms with van der Waals surface area (Å²) in [5.74, 6) is -0.0651. The van der Waals surface area contributed by atoms with E-state index in [-0.39, 0.29) is 18.4 Å². The van der Waals surface area contributed by atoms with E-state index in [0.29, 0.717) is 17.9 Å². The lowest BCUT2D eigenvalue weighted by Crippen LogP contribution is -2.28.